The molecule has 0 heterocycles. The Hall–Kier alpha value is -2.59. The Morgan fingerprint density at radius 3 is 2.47 bits per heavy atom. The molecule has 10 heteroatoms. The van der Waals surface area contributed by atoms with E-state index >= 15 is 0 Å². The molecule has 0 spiro atoms. The van der Waals surface area contributed by atoms with Crippen LogP contribution in [0.25, 0.3) is 0 Å². The fraction of sp³-hybridized carbons (Fsp3) is 0.222. The summed E-state index contributed by atoms with van der Waals surface area (Å²) in [5.41, 5.74) is 8.47. The van der Waals surface area contributed by atoms with Crippen LogP contribution < -0.4 is 16.6 Å². The van der Waals surface area contributed by atoms with E-state index in [0.29, 0.717) is 0 Å². The summed E-state index contributed by atoms with van der Waals surface area (Å²) < 4.78 is 0. The standard InChI is InChI=1S/C9H11N5O5/c10-3-4-11-12-9(15)7-2-1-6(13(16)17)5-8(7)14(18)19/h1-2,5,11H,3-4,10H2,(H,12,15). The molecule has 19 heavy (non-hydrogen) atoms. The van der Waals surface area contributed by atoms with E-state index in [4.69, 9.17) is 5.73 Å². The Morgan fingerprint density at radius 2 is 1.95 bits per heavy atom. The van der Waals surface area contributed by atoms with Crippen LogP contribution in [-0.2, 0) is 0 Å². The highest BCUT2D eigenvalue weighted by Crippen LogP contribution is 2.24. The van der Waals surface area contributed by atoms with Gasteiger partial charge in [0.15, 0.2) is 0 Å². The zero-order valence-corrected chi connectivity index (χ0v) is 9.66. The van der Waals surface area contributed by atoms with Gasteiger partial charge in [-0.3, -0.25) is 30.4 Å². The summed E-state index contributed by atoms with van der Waals surface area (Å²) in [5, 5.41) is 21.3. The highest BCUT2D eigenvalue weighted by molar-refractivity contribution is 5.98. The van der Waals surface area contributed by atoms with Gasteiger partial charge in [-0.05, 0) is 6.07 Å². The van der Waals surface area contributed by atoms with E-state index in [2.05, 4.69) is 10.9 Å². The molecule has 0 radical (unpaired) electrons. The third kappa shape index (κ3) is 3.69. The largest absolute Gasteiger partial charge is 0.329 e. The van der Waals surface area contributed by atoms with Crippen molar-refractivity contribution in [1.29, 1.82) is 0 Å². The number of nitrogens with one attached hydrogen (secondary N) is 2. The summed E-state index contributed by atoms with van der Waals surface area (Å²) in [6.07, 6.45) is 0. The number of hydrogen-bond acceptors (Lipinski definition) is 7. The number of non-ortho nitro benzene ring substituents is 1. The van der Waals surface area contributed by atoms with Gasteiger partial charge in [0.05, 0.1) is 15.9 Å². The van der Waals surface area contributed by atoms with E-state index in [9.17, 15) is 25.0 Å². The molecule has 0 saturated heterocycles. The van der Waals surface area contributed by atoms with Crippen LogP contribution in [-0.4, -0.2) is 28.8 Å². The summed E-state index contributed by atoms with van der Waals surface area (Å²) >= 11 is 0. The van der Waals surface area contributed by atoms with Crippen LogP contribution in [0, 0.1) is 20.2 Å². The minimum Gasteiger partial charge on any atom is -0.329 e. The van der Waals surface area contributed by atoms with E-state index in [1.807, 2.05) is 0 Å². The van der Waals surface area contributed by atoms with Crippen molar-refractivity contribution < 1.29 is 14.6 Å². The Bertz CT molecular complexity index is 518. The molecule has 1 rings (SSSR count). The predicted octanol–water partition coefficient (Wildman–Crippen LogP) is -0.304. The molecule has 1 aromatic rings. The van der Waals surface area contributed by atoms with Gasteiger partial charge in [-0.1, -0.05) is 0 Å². The number of hydrogen-bond donors (Lipinski definition) is 3. The molecule has 4 N–H and O–H groups in total. The molecule has 0 aliphatic rings. The lowest BCUT2D eigenvalue weighted by Gasteiger charge is -2.06. The number of rotatable bonds is 6. The Kier molecular flexibility index (Phi) is 4.85. The van der Waals surface area contributed by atoms with Gasteiger partial charge < -0.3 is 5.73 Å². The fourth-order valence-corrected chi connectivity index (χ4v) is 1.26. The van der Waals surface area contributed by atoms with Gasteiger partial charge in [0.25, 0.3) is 17.3 Å². The van der Waals surface area contributed by atoms with Crippen molar-refractivity contribution in [3.8, 4) is 0 Å². The van der Waals surface area contributed by atoms with E-state index in [-0.39, 0.29) is 18.7 Å². The zero-order chi connectivity index (χ0) is 14.4. The first-order valence-electron chi connectivity index (χ1n) is 5.13. The highest BCUT2D eigenvalue weighted by Gasteiger charge is 2.23. The van der Waals surface area contributed by atoms with Crippen molar-refractivity contribution in [2.45, 2.75) is 0 Å². The maximum Gasteiger partial charge on any atom is 0.289 e. The first-order valence-corrected chi connectivity index (χ1v) is 5.13. The molecule has 1 aromatic carbocycles. The molecular formula is C9H11N5O5. The molecule has 0 unspecified atom stereocenters. The normalized spacial score (nSPS) is 9.95. The molecule has 102 valence electrons. The smallest absolute Gasteiger partial charge is 0.289 e. The van der Waals surface area contributed by atoms with E-state index in [1.54, 1.807) is 0 Å². The van der Waals surface area contributed by atoms with Crippen LogP contribution in [0.5, 0.6) is 0 Å². The lowest BCUT2D eigenvalue weighted by Crippen LogP contribution is -2.40. The Morgan fingerprint density at radius 1 is 1.26 bits per heavy atom. The van der Waals surface area contributed by atoms with Gasteiger partial charge in [-0.15, -0.1) is 0 Å². The monoisotopic (exact) mass is 269 g/mol. The molecule has 10 nitrogen and oxygen atoms in total. The second kappa shape index (κ2) is 6.37. The topological polar surface area (TPSA) is 153 Å². The number of carbonyl (C=O) groups is 1. The van der Waals surface area contributed by atoms with Crippen molar-refractivity contribution in [2.24, 2.45) is 5.73 Å². The van der Waals surface area contributed by atoms with Gasteiger partial charge in [-0.25, -0.2) is 5.43 Å². The van der Waals surface area contributed by atoms with Crippen molar-refractivity contribution in [3.05, 3.63) is 44.0 Å². The summed E-state index contributed by atoms with van der Waals surface area (Å²) in [4.78, 5) is 31.3. The minimum atomic E-state index is -0.856. The molecule has 0 saturated carbocycles. The highest BCUT2D eigenvalue weighted by atomic mass is 16.6. The fourth-order valence-electron chi connectivity index (χ4n) is 1.26. The third-order valence-corrected chi connectivity index (χ3v) is 2.10. The number of nitro groups is 2. The van der Waals surface area contributed by atoms with Crippen LogP contribution >= 0.6 is 0 Å². The maximum absolute atomic E-state index is 11.6. The number of nitrogens with zero attached hydrogens (tertiary/aromatic N) is 2. The van der Waals surface area contributed by atoms with E-state index < -0.39 is 27.1 Å². The van der Waals surface area contributed by atoms with Gasteiger partial charge >= 0.3 is 0 Å². The van der Waals surface area contributed by atoms with Crippen LogP contribution in [0.2, 0.25) is 0 Å². The molecule has 0 bridgehead atoms. The van der Waals surface area contributed by atoms with Gasteiger partial charge in [0, 0.05) is 19.2 Å². The molecule has 1 amide bonds. The molecule has 0 aliphatic heterocycles. The van der Waals surface area contributed by atoms with Crippen molar-refractivity contribution in [1.82, 2.24) is 10.9 Å². The third-order valence-electron chi connectivity index (χ3n) is 2.10. The number of benzene rings is 1. The lowest BCUT2D eigenvalue weighted by atomic mass is 10.1. The molecule has 0 fully saturated rings. The first kappa shape index (κ1) is 14.5. The van der Waals surface area contributed by atoms with Crippen LogP contribution in [0.1, 0.15) is 10.4 Å². The summed E-state index contributed by atoms with van der Waals surface area (Å²) in [5.74, 6) is -0.768. The molecular weight excluding hydrogens is 258 g/mol. The van der Waals surface area contributed by atoms with Gasteiger partial charge in [0.2, 0.25) is 0 Å². The second-order valence-corrected chi connectivity index (χ2v) is 3.39. The predicted molar refractivity (Wildman–Crippen MR) is 64.3 cm³/mol. The van der Waals surface area contributed by atoms with Crippen molar-refractivity contribution in [3.63, 3.8) is 0 Å². The summed E-state index contributed by atoms with van der Waals surface area (Å²) in [6, 6.07) is 2.78. The first-order chi connectivity index (χ1) is 8.97. The quantitative estimate of drug-likeness (QED) is 0.363. The summed E-state index contributed by atoms with van der Waals surface area (Å²) in [6.45, 7) is 0.551. The molecule has 0 atom stereocenters. The minimum absolute atomic E-state index is 0.267. The van der Waals surface area contributed by atoms with E-state index in [1.165, 1.54) is 0 Å². The van der Waals surface area contributed by atoms with Crippen LogP contribution in [0.3, 0.4) is 0 Å². The van der Waals surface area contributed by atoms with Crippen molar-refractivity contribution >= 4 is 17.3 Å². The second-order valence-electron chi connectivity index (χ2n) is 3.39. The number of nitrogens with two attached hydrogens (primary N) is 1. The van der Waals surface area contributed by atoms with E-state index in [0.717, 1.165) is 18.2 Å². The van der Waals surface area contributed by atoms with Gasteiger partial charge in [-0.2, -0.15) is 0 Å². The number of hydrazine groups is 1. The molecule has 0 aliphatic carbocycles. The zero-order valence-electron chi connectivity index (χ0n) is 9.66. The number of amides is 1. The number of carbonyl (C=O) groups excluding carboxylic acids is 1. The van der Waals surface area contributed by atoms with Gasteiger partial charge in [0.1, 0.15) is 5.56 Å². The summed E-state index contributed by atoms with van der Waals surface area (Å²) in [7, 11) is 0. The SMILES string of the molecule is NCCNNC(=O)c1ccc([N+](=O)[O-])cc1[N+](=O)[O-]. The average Bonchev–Trinajstić information content (AvgIpc) is 2.38. The molecule has 0 aromatic heterocycles. The maximum atomic E-state index is 11.6. The lowest BCUT2D eigenvalue weighted by molar-refractivity contribution is -0.394. The van der Waals surface area contributed by atoms with Crippen LogP contribution in [0.4, 0.5) is 11.4 Å². The number of nitro benzene ring substituents is 2. The van der Waals surface area contributed by atoms with Crippen LogP contribution in [0.15, 0.2) is 18.2 Å². The average molecular weight is 269 g/mol. The van der Waals surface area contributed by atoms with Crippen molar-refractivity contribution in [2.75, 3.05) is 13.1 Å². The Balaban J connectivity index is 3.03. The Labute approximate surface area is 106 Å².